The molecule has 0 aliphatic heterocycles. The van der Waals surface area contributed by atoms with E-state index in [2.05, 4.69) is 26.1 Å². The first-order chi connectivity index (χ1) is 8.63. The lowest BCUT2D eigenvalue weighted by atomic mass is 10.4. The lowest BCUT2D eigenvalue weighted by Crippen LogP contribution is -1.99. The van der Waals surface area contributed by atoms with Crippen molar-refractivity contribution >= 4 is 21.9 Å². The van der Waals surface area contributed by atoms with E-state index in [4.69, 9.17) is 9.63 Å². The van der Waals surface area contributed by atoms with E-state index in [0.29, 0.717) is 23.0 Å². The fourth-order valence-corrected chi connectivity index (χ4v) is 2.18. The molecule has 2 heterocycles. The van der Waals surface area contributed by atoms with Gasteiger partial charge in [-0.3, -0.25) is 0 Å². The van der Waals surface area contributed by atoms with Crippen LogP contribution in [0.25, 0.3) is 0 Å². The van der Waals surface area contributed by atoms with Gasteiger partial charge >= 0.3 is 5.97 Å². The molecule has 2 aromatic heterocycles. The van der Waals surface area contributed by atoms with Gasteiger partial charge in [0.25, 0.3) is 0 Å². The molecule has 3 rings (SSSR count). The SMILES string of the molecule is O=C(O)c1cc(Br)n(Cc2nc(C3CC3)no2)c1. The molecule has 0 bridgehead atoms. The summed E-state index contributed by atoms with van der Waals surface area (Å²) in [6.07, 6.45) is 3.78. The summed E-state index contributed by atoms with van der Waals surface area (Å²) < 4.78 is 7.53. The van der Waals surface area contributed by atoms with Gasteiger partial charge in [0.2, 0.25) is 5.89 Å². The van der Waals surface area contributed by atoms with Crippen molar-refractivity contribution in [2.24, 2.45) is 0 Å². The second-order valence-corrected chi connectivity index (χ2v) is 5.12. The molecule has 1 fully saturated rings. The topological polar surface area (TPSA) is 81.1 Å². The third-order valence-electron chi connectivity index (χ3n) is 2.82. The van der Waals surface area contributed by atoms with Gasteiger partial charge in [0.15, 0.2) is 5.82 Å². The summed E-state index contributed by atoms with van der Waals surface area (Å²) in [6.45, 7) is 0.369. The first kappa shape index (κ1) is 11.5. The van der Waals surface area contributed by atoms with Crippen LogP contribution >= 0.6 is 15.9 Å². The second kappa shape index (κ2) is 4.24. The second-order valence-electron chi connectivity index (χ2n) is 4.31. The summed E-state index contributed by atoms with van der Waals surface area (Å²) in [5.74, 6) is 0.737. The third kappa shape index (κ3) is 2.17. The smallest absolute Gasteiger partial charge is 0.337 e. The molecule has 1 N–H and O–H groups in total. The van der Waals surface area contributed by atoms with Crippen LogP contribution in [0.4, 0.5) is 0 Å². The molecule has 1 aliphatic rings. The predicted octanol–water partition coefficient (Wildman–Crippen LogP) is 2.26. The fraction of sp³-hybridized carbons (Fsp3) is 0.364. The van der Waals surface area contributed by atoms with Crippen LogP contribution in [-0.2, 0) is 6.54 Å². The minimum atomic E-state index is -0.960. The van der Waals surface area contributed by atoms with Crippen molar-refractivity contribution in [3.05, 3.63) is 34.1 Å². The Morgan fingerprint density at radius 1 is 1.61 bits per heavy atom. The molecule has 7 heteroatoms. The molecule has 1 aliphatic carbocycles. The van der Waals surface area contributed by atoms with Crippen molar-refractivity contribution < 1.29 is 14.4 Å². The highest BCUT2D eigenvalue weighted by atomic mass is 79.9. The molecular formula is C11H10BrN3O3. The molecule has 6 nitrogen and oxygen atoms in total. The first-order valence-corrected chi connectivity index (χ1v) is 6.34. The van der Waals surface area contributed by atoms with Crippen molar-refractivity contribution in [3.63, 3.8) is 0 Å². The monoisotopic (exact) mass is 311 g/mol. The summed E-state index contributed by atoms with van der Waals surface area (Å²) in [4.78, 5) is 15.1. The minimum Gasteiger partial charge on any atom is -0.478 e. The van der Waals surface area contributed by atoms with E-state index < -0.39 is 5.97 Å². The molecule has 0 spiro atoms. The standard InChI is InChI=1S/C11H10BrN3O3/c12-8-3-7(11(16)17)4-15(8)5-9-13-10(14-18-9)6-1-2-6/h3-4,6H,1-2,5H2,(H,16,17). The molecule has 94 valence electrons. The van der Waals surface area contributed by atoms with Gasteiger partial charge in [-0.15, -0.1) is 0 Å². The van der Waals surface area contributed by atoms with Crippen LogP contribution in [0.15, 0.2) is 21.4 Å². The predicted molar refractivity (Wildman–Crippen MR) is 64.5 cm³/mol. The van der Waals surface area contributed by atoms with Crippen LogP contribution in [0, 0.1) is 0 Å². The molecule has 0 radical (unpaired) electrons. The molecule has 0 saturated heterocycles. The average Bonchev–Trinajstić information content (AvgIpc) is 2.97. The number of carboxylic acids is 1. The van der Waals surface area contributed by atoms with E-state index in [9.17, 15) is 4.79 Å². The van der Waals surface area contributed by atoms with Crippen LogP contribution in [0.1, 0.15) is 40.8 Å². The maximum atomic E-state index is 10.8. The molecule has 0 unspecified atom stereocenters. The quantitative estimate of drug-likeness (QED) is 0.936. The largest absolute Gasteiger partial charge is 0.478 e. The van der Waals surface area contributed by atoms with Gasteiger partial charge in [0.1, 0.15) is 6.54 Å². The highest BCUT2D eigenvalue weighted by Gasteiger charge is 2.28. The van der Waals surface area contributed by atoms with E-state index in [1.54, 1.807) is 10.6 Å². The van der Waals surface area contributed by atoms with E-state index in [1.807, 2.05) is 0 Å². The summed E-state index contributed by atoms with van der Waals surface area (Å²) >= 11 is 3.30. The Hall–Kier alpha value is -1.63. The Labute approximate surface area is 111 Å². The maximum Gasteiger partial charge on any atom is 0.337 e. The van der Waals surface area contributed by atoms with Crippen molar-refractivity contribution in [2.45, 2.75) is 25.3 Å². The minimum absolute atomic E-state index is 0.226. The Kier molecular flexibility index (Phi) is 2.70. The van der Waals surface area contributed by atoms with E-state index in [-0.39, 0.29) is 5.56 Å². The number of carbonyl (C=O) groups is 1. The zero-order valence-corrected chi connectivity index (χ0v) is 10.9. The normalized spacial score (nSPS) is 14.9. The zero-order valence-electron chi connectivity index (χ0n) is 9.34. The van der Waals surface area contributed by atoms with E-state index in [1.165, 1.54) is 6.20 Å². The Morgan fingerprint density at radius 3 is 3.00 bits per heavy atom. The number of hydrogen-bond acceptors (Lipinski definition) is 4. The summed E-state index contributed by atoms with van der Waals surface area (Å²) in [5.41, 5.74) is 0.226. The summed E-state index contributed by atoms with van der Waals surface area (Å²) in [7, 11) is 0. The van der Waals surface area contributed by atoms with Gasteiger partial charge in [-0.05, 0) is 34.8 Å². The lowest BCUT2D eigenvalue weighted by molar-refractivity contribution is 0.0697. The fourth-order valence-electron chi connectivity index (χ4n) is 1.70. The van der Waals surface area contributed by atoms with Crippen molar-refractivity contribution in [3.8, 4) is 0 Å². The van der Waals surface area contributed by atoms with Crippen LogP contribution < -0.4 is 0 Å². The molecule has 18 heavy (non-hydrogen) atoms. The van der Waals surface area contributed by atoms with Gasteiger partial charge in [0, 0.05) is 12.1 Å². The Bertz CT molecular complexity index is 600. The number of aromatic carboxylic acids is 1. The lowest BCUT2D eigenvalue weighted by Gasteiger charge is -1.98. The van der Waals surface area contributed by atoms with E-state index >= 15 is 0 Å². The van der Waals surface area contributed by atoms with Crippen LogP contribution in [0.5, 0.6) is 0 Å². The Balaban J connectivity index is 1.80. The molecule has 2 aromatic rings. The molecule has 1 saturated carbocycles. The number of rotatable bonds is 4. The third-order valence-corrected chi connectivity index (χ3v) is 3.51. The first-order valence-electron chi connectivity index (χ1n) is 5.55. The molecule has 0 aromatic carbocycles. The van der Waals surface area contributed by atoms with Crippen LogP contribution in [0.3, 0.4) is 0 Å². The summed E-state index contributed by atoms with van der Waals surface area (Å²) in [6, 6.07) is 1.54. The van der Waals surface area contributed by atoms with Crippen LogP contribution in [-0.4, -0.2) is 25.8 Å². The van der Waals surface area contributed by atoms with Gasteiger partial charge in [0.05, 0.1) is 10.2 Å². The molecule has 0 atom stereocenters. The highest BCUT2D eigenvalue weighted by Crippen LogP contribution is 2.38. The van der Waals surface area contributed by atoms with Crippen molar-refractivity contribution in [2.75, 3.05) is 0 Å². The van der Waals surface area contributed by atoms with Gasteiger partial charge in [-0.1, -0.05) is 5.16 Å². The van der Waals surface area contributed by atoms with Gasteiger partial charge < -0.3 is 14.2 Å². The number of hydrogen-bond donors (Lipinski definition) is 1. The van der Waals surface area contributed by atoms with Crippen molar-refractivity contribution in [1.29, 1.82) is 0 Å². The maximum absolute atomic E-state index is 10.8. The van der Waals surface area contributed by atoms with Gasteiger partial charge in [-0.25, -0.2) is 4.79 Å². The Morgan fingerprint density at radius 2 is 2.39 bits per heavy atom. The number of nitrogens with zero attached hydrogens (tertiary/aromatic N) is 3. The van der Waals surface area contributed by atoms with Crippen LogP contribution in [0.2, 0.25) is 0 Å². The number of aromatic nitrogens is 3. The van der Waals surface area contributed by atoms with Gasteiger partial charge in [-0.2, -0.15) is 4.98 Å². The molecular weight excluding hydrogens is 302 g/mol. The van der Waals surface area contributed by atoms with E-state index in [0.717, 1.165) is 18.7 Å². The van der Waals surface area contributed by atoms with Crippen molar-refractivity contribution in [1.82, 2.24) is 14.7 Å². The summed E-state index contributed by atoms with van der Waals surface area (Å²) in [5, 5.41) is 12.8. The number of halogens is 1. The average molecular weight is 312 g/mol. The number of carboxylic acid groups (broad SMARTS) is 1. The zero-order chi connectivity index (χ0) is 12.7. The highest BCUT2D eigenvalue weighted by molar-refractivity contribution is 9.10. The molecule has 0 amide bonds.